The second kappa shape index (κ2) is 6.99. The Morgan fingerprint density at radius 1 is 1.38 bits per heavy atom. The lowest BCUT2D eigenvalue weighted by atomic mass is 10.1. The fourth-order valence-electron chi connectivity index (χ4n) is 2.00. The third kappa shape index (κ3) is 4.39. The standard InChI is InChI=1S/C15H21N5O/c1-3-4-13(16)14-9-20(19-18-14)10-15(21)17-12-7-5-11(2)6-8-12/h5-9,13H,3-4,10,16H2,1-2H3,(H,17,21). The summed E-state index contributed by atoms with van der Waals surface area (Å²) in [5.41, 5.74) is 8.62. The quantitative estimate of drug-likeness (QED) is 0.851. The van der Waals surface area contributed by atoms with Crippen molar-refractivity contribution < 1.29 is 4.79 Å². The van der Waals surface area contributed by atoms with E-state index in [9.17, 15) is 4.79 Å². The smallest absolute Gasteiger partial charge is 0.246 e. The van der Waals surface area contributed by atoms with Gasteiger partial charge in [0.05, 0.1) is 17.9 Å². The Labute approximate surface area is 124 Å². The van der Waals surface area contributed by atoms with Crippen molar-refractivity contribution in [3.05, 3.63) is 41.7 Å². The molecule has 0 fully saturated rings. The summed E-state index contributed by atoms with van der Waals surface area (Å²) in [6, 6.07) is 7.53. The highest BCUT2D eigenvalue weighted by Gasteiger charge is 2.11. The highest BCUT2D eigenvalue weighted by atomic mass is 16.2. The number of benzene rings is 1. The molecule has 1 unspecified atom stereocenters. The molecule has 1 aromatic heterocycles. The van der Waals surface area contributed by atoms with Gasteiger partial charge in [0.25, 0.3) is 0 Å². The maximum absolute atomic E-state index is 11.9. The van der Waals surface area contributed by atoms with E-state index < -0.39 is 0 Å². The van der Waals surface area contributed by atoms with Crippen LogP contribution in [0.4, 0.5) is 5.69 Å². The summed E-state index contributed by atoms with van der Waals surface area (Å²) in [6.07, 6.45) is 3.57. The fraction of sp³-hybridized carbons (Fsp3) is 0.400. The molecule has 1 atom stereocenters. The Morgan fingerprint density at radius 2 is 2.10 bits per heavy atom. The van der Waals surface area contributed by atoms with Gasteiger partial charge in [0.2, 0.25) is 5.91 Å². The average Bonchev–Trinajstić information content (AvgIpc) is 2.90. The van der Waals surface area contributed by atoms with Gasteiger partial charge in [-0.2, -0.15) is 0 Å². The lowest BCUT2D eigenvalue weighted by Crippen LogP contribution is -2.19. The van der Waals surface area contributed by atoms with Gasteiger partial charge in [-0.15, -0.1) is 5.10 Å². The highest BCUT2D eigenvalue weighted by Crippen LogP contribution is 2.12. The normalized spacial score (nSPS) is 12.1. The molecule has 21 heavy (non-hydrogen) atoms. The third-order valence-corrected chi connectivity index (χ3v) is 3.18. The predicted octanol–water partition coefficient (Wildman–Crippen LogP) is 2.03. The summed E-state index contributed by atoms with van der Waals surface area (Å²) in [7, 11) is 0. The van der Waals surface area contributed by atoms with Gasteiger partial charge >= 0.3 is 0 Å². The summed E-state index contributed by atoms with van der Waals surface area (Å²) in [5.74, 6) is -0.139. The summed E-state index contributed by atoms with van der Waals surface area (Å²) in [5, 5.41) is 10.8. The molecular weight excluding hydrogens is 266 g/mol. The molecule has 1 heterocycles. The first-order valence-electron chi connectivity index (χ1n) is 7.10. The summed E-state index contributed by atoms with van der Waals surface area (Å²) in [6.45, 7) is 4.20. The number of anilines is 1. The number of nitrogens with zero attached hydrogens (tertiary/aromatic N) is 3. The summed E-state index contributed by atoms with van der Waals surface area (Å²) >= 11 is 0. The molecule has 0 aliphatic heterocycles. The van der Waals surface area contributed by atoms with Crippen LogP contribution in [-0.4, -0.2) is 20.9 Å². The molecule has 6 heteroatoms. The van der Waals surface area contributed by atoms with Crippen molar-refractivity contribution in [1.29, 1.82) is 0 Å². The number of carbonyl (C=O) groups is 1. The van der Waals surface area contributed by atoms with E-state index in [0.29, 0.717) is 0 Å². The van der Waals surface area contributed by atoms with Crippen LogP contribution in [0.25, 0.3) is 0 Å². The zero-order chi connectivity index (χ0) is 15.2. The molecule has 0 saturated heterocycles. The van der Waals surface area contributed by atoms with Gasteiger partial charge in [-0.25, -0.2) is 4.68 Å². The van der Waals surface area contributed by atoms with Crippen LogP contribution in [0.1, 0.15) is 37.1 Å². The maximum Gasteiger partial charge on any atom is 0.246 e. The molecule has 0 saturated carbocycles. The van der Waals surface area contributed by atoms with E-state index in [-0.39, 0.29) is 18.5 Å². The third-order valence-electron chi connectivity index (χ3n) is 3.18. The van der Waals surface area contributed by atoms with Crippen molar-refractivity contribution >= 4 is 11.6 Å². The van der Waals surface area contributed by atoms with Crippen molar-refractivity contribution in [2.75, 3.05) is 5.32 Å². The first-order valence-corrected chi connectivity index (χ1v) is 7.10. The number of hydrogen-bond acceptors (Lipinski definition) is 4. The first kappa shape index (κ1) is 15.2. The lowest BCUT2D eigenvalue weighted by Gasteiger charge is -2.06. The van der Waals surface area contributed by atoms with Crippen molar-refractivity contribution in [3.8, 4) is 0 Å². The van der Waals surface area contributed by atoms with Crippen LogP contribution in [-0.2, 0) is 11.3 Å². The number of nitrogens with two attached hydrogens (primary N) is 1. The van der Waals surface area contributed by atoms with Crippen molar-refractivity contribution in [2.45, 2.75) is 39.3 Å². The Balaban J connectivity index is 1.92. The Bertz CT molecular complexity index is 590. The second-order valence-electron chi connectivity index (χ2n) is 5.15. The molecule has 2 rings (SSSR count). The Morgan fingerprint density at radius 3 is 2.76 bits per heavy atom. The van der Waals surface area contributed by atoms with Crippen LogP contribution in [0.2, 0.25) is 0 Å². The van der Waals surface area contributed by atoms with E-state index in [1.54, 1.807) is 6.20 Å². The minimum Gasteiger partial charge on any atom is -0.324 e. The summed E-state index contributed by atoms with van der Waals surface area (Å²) < 4.78 is 1.51. The molecule has 0 bridgehead atoms. The molecule has 2 aromatic rings. The molecule has 1 amide bonds. The number of nitrogens with one attached hydrogen (secondary N) is 1. The molecule has 1 aromatic carbocycles. The highest BCUT2D eigenvalue weighted by molar-refractivity contribution is 5.90. The van der Waals surface area contributed by atoms with Crippen LogP contribution in [0, 0.1) is 6.92 Å². The van der Waals surface area contributed by atoms with E-state index in [1.165, 1.54) is 4.68 Å². The molecule has 112 valence electrons. The summed E-state index contributed by atoms with van der Waals surface area (Å²) in [4.78, 5) is 11.9. The topological polar surface area (TPSA) is 85.8 Å². The molecule has 0 aliphatic carbocycles. The molecule has 6 nitrogen and oxygen atoms in total. The van der Waals surface area contributed by atoms with Crippen molar-refractivity contribution in [1.82, 2.24) is 15.0 Å². The van der Waals surface area contributed by atoms with E-state index in [0.717, 1.165) is 29.8 Å². The van der Waals surface area contributed by atoms with E-state index in [4.69, 9.17) is 5.73 Å². The van der Waals surface area contributed by atoms with Gasteiger partial charge in [-0.05, 0) is 25.5 Å². The molecule has 0 aliphatic rings. The fourth-order valence-corrected chi connectivity index (χ4v) is 2.00. The SMILES string of the molecule is CCCC(N)c1cn(CC(=O)Nc2ccc(C)cc2)nn1. The average molecular weight is 287 g/mol. The van der Waals surface area contributed by atoms with Crippen LogP contribution < -0.4 is 11.1 Å². The van der Waals surface area contributed by atoms with Gasteiger partial charge in [0, 0.05) is 5.69 Å². The van der Waals surface area contributed by atoms with Gasteiger partial charge in [0.1, 0.15) is 6.54 Å². The minimum absolute atomic E-state index is 0.121. The second-order valence-corrected chi connectivity index (χ2v) is 5.15. The number of rotatable bonds is 6. The van der Waals surface area contributed by atoms with Crippen LogP contribution in [0.5, 0.6) is 0 Å². The Hall–Kier alpha value is -2.21. The molecule has 0 spiro atoms. The van der Waals surface area contributed by atoms with E-state index in [1.807, 2.05) is 31.2 Å². The van der Waals surface area contributed by atoms with E-state index >= 15 is 0 Å². The van der Waals surface area contributed by atoms with Crippen molar-refractivity contribution in [2.24, 2.45) is 5.73 Å². The van der Waals surface area contributed by atoms with Gasteiger partial charge in [0.15, 0.2) is 0 Å². The number of aromatic nitrogens is 3. The lowest BCUT2D eigenvalue weighted by molar-refractivity contribution is -0.116. The molecular formula is C15H21N5O. The number of amides is 1. The molecule has 3 N–H and O–H groups in total. The van der Waals surface area contributed by atoms with Crippen LogP contribution in [0.15, 0.2) is 30.5 Å². The number of carbonyl (C=O) groups excluding carboxylic acids is 1. The van der Waals surface area contributed by atoms with Crippen LogP contribution in [0.3, 0.4) is 0 Å². The predicted molar refractivity (Wildman–Crippen MR) is 81.7 cm³/mol. The molecule has 0 radical (unpaired) electrons. The minimum atomic E-state index is -0.139. The largest absolute Gasteiger partial charge is 0.324 e. The van der Waals surface area contributed by atoms with Gasteiger partial charge in [-0.1, -0.05) is 36.3 Å². The van der Waals surface area contributed by atoms with Crippen LogP contribution >= 0.6 is 0 Å². The first-order chi connectivity index (χ1) is 10.1. The Kier molecular flexibility index (Phi) is 5.05. The zero-order valence-corrected chi connectivity index (χ0v) is 12.4. The maximum atomic E-state index is 11.9. The number of hydrogen-bond donors (Lipinski definition) is 2. The zero-order valence-electron chi connectivity index (χ0n) is 12.4. The van der Waals surface area contributed by atoms with Gasteiger partial charge < -0.3 is 11.1 Å². The monoisotopic (exact) mass is 287 g/mol. The number of aryl methyl sites for hydroxylation is 1. The van der Waals surface area contributed by atoms with Crippen molar-refractivity contribution in [3.63, 3.8) is 0 Å². The van der Waals surface area contributed by atoms with E-state index in [2.05, 4.69) is 22.6 Å². The van der Waals surface area contributed by atoms with Gasteiger partial charge in [-0.3, -0.25) is 4.79 Å².